The van der Waals surface area contributed by atoms with E-state index < -0.39 is 23.3 Å². The summed E-state index contributed by atoms with van der Waals surface area (Å²) in [7, 11) is 0. The zero-order chi connectivity index (χ0) is 34.5. The number of carbonyl (C=O) groups excluding carboxylic acids is 1. The number of ether oxygens (including phenoxy) is 1. The first-order valence-corrected chi connectivity index (χ1v) is 18.0. The maximum atomic E-state index is 17.0. The van der Waals surface area contributed by atoms with E-state index >= 15 is 4.39 Å². The van der Waals surface area contributed by atoms with E-state index in [9.17, 15) is 13.6 Å². The Labute approximate surface area is 297 Å². The van der Waals surface area contributed by atoms with Crippen LogP contribution in [0.2, 0.25) is 10.3 Å². The number of fused-ring (bicyclic) bond motifs is 5. The number of benzene rings is 2. The molecule has 7 heterocycles. The number of nitrogen functional groups attached to an aromatic ring is 1. The monoisotopic (exact) mass is 743 g/mol. The second-order valence-electron chi connectivity index (χ2n) is 13.5. The van der Waals surface area contributed by atoms with Gasteiger partial charge in [0.25, 0.3) is 0 Å². The molecule has 0 aliphatic carbocycles. The van der Waals surface area contributed by atoms with Gasteiger partial charge in [-0.05, 0) is 62.0 Å². The predicted octanol–water partition coefficient (Wildman–Crippen LogP) is 6.55. The highest BCUT2D eigenvalue weighted by Crippen LogP contribution is 2.45. The molecule has 11 nitrogen and oxygen atoms in total. The molecule has 260 valence electrons. The van der Waals surface area contributed by atoms with E-state index in [1.165, 1.54) is 29.1 Å². The summed E-state index contributed by atoms with van der Waals surface area (Å²) in [5.74, 6) is -0.877. The first-order chi connectivity index (χ1) is 24.1. The fraction of sp³-hybridized carbons (Fsp3) is 0.424. The molecule has 2 N–H and O–H groups in total. The quantitative estimate of drug-likeness (QED) is 0.214. The Hall–Kier alpha value is -3.92. The maximum absolute atomic E-state index is 17.0. The van der Waals surface area contributed by atoms with Crippen LogP contribution in [-0.2, 0) is 0 Å². The fourth-order valence-electron chi connectivity index (χ4n) is 8.49. The van der Waals surface area contributed by atoms with E-state index in [0.29, 0.717) is 37.3 Å². The normalized spacial score (nSPS) is 24.9. The number of nitrogens with zero attached hydrogens (tertiary/aromatic N) is 8. The molecule has 2 unspecified atom stereocenters. The number of hydrogen-bond donors (Lipinski definition) is 1. The molecule has 4 saturated heterocycles. The van der Waals surface area contributed by atoms with Gasteiger partial charge in [-0.1, -0.05) is 22.9 Å². The van der Waals surface area contributed by atoms with E-state index in [1.807, 2.05) is 9.80 Å². The molecule has 2 aromatic carbocycles. The van der Waals surface area contributed by atoms with Crippen LogP contribution >= 0.6 is 34.5 Å². The lowest BCUT2D eigenvalue weighted by Gasteiger charge is -2.41. The number of rotatable bonds is 5. The van der Waals surface area contributed by atoms with Crippen molar-refractivity contribution in [1.82, 2.24) is 34.3 Å². The standard InChI is InChI=1S/C33H30Cl2F3N9O2S/c34-21-10-20-25(24(38)23(21)19-4-5-22(37)27-26(19)41-30(39)50-27)42-31(49-15-33-6-1-8-45(33)12-16(36)11-33)43-28(20)44-13-17-2-3-18(14-44)47(17)32(48)46-9-7-40-29(46)35/h4-5,7,9-10,16-18H,1-3,6,8,11-15H2,(H2,39,41)/t16-,17?,18?,33+/m1/s1. The Balaban J connectivity index is 1.14. The lowest BCUT2D eigenvalue weighted by atomic mass is 9.95. The van der Waals surface area contributed by atoms with Crippen LogP contribution in [0.1, 0.15) is 32.1 Å². The van der Waals surface area contributed by atoms with Crippen molar-refractivity contribution in [3.63, 3.8) is 0 Å². The van der Waals surface area contributed by atoms with Gasteiger partial charge in [0.15, 0.2) is 10.9 Å². The van der Waals surface area contributed by atoms with Crippen molar-refractivity contribution in [3.05, 3.63) is 52.5 Å². The van der Waals surface area contributed by atoms with Crippen LogP contribution in [-0.4, -0.2) is 96.9 Å². The molecule has 5 aromatic rings. The number of amides is 1. The number of alkyl halides is 1. The van der Waals surface area contributed by atoms with Crippen LogP contribution < -0.4 is 15.4 Å². The number of anilines is 2. The molecule has 17 heteroatoms. The van der Waals surface area contributed by atoms with Gasteiger partial charge in [-0.15, -0.1) is 0 Å². The number of piperazine rings is 1. The first-order valence-electron chi connectivity index (χ1n) is 16.4. The van der Waals surface area contributed by atoms with Gasteiger partial charge in [0, 0.05) is 55.0 Å². The lowest BCUT2D eigenvalue weighted by molar-refractivity contribution is 0.107. The molecule has 1 amide bonds. The largest absolute Gasteiger partial charge is 0.461 e. The molecule has 9 rings (SSSR count). The van der Waals surface area contributed by atoms with Crippen molar-refractivity contribution in [2.45, 2.75) is 55.9 Å². The molecular weight excluding hydrogens is 714 g/mol. The van der Waals surface area contributed by atoms with Gasteiger partial charge in [0.05, 0.1) is 32.9 Å². The van der Waals surface area contributed by atoms with Crippen LogP contribution in [0.15, 0.2) is 30.6 Å². The minimum atomic E-state index is -0.951. The predicted molar refractivity (Wildman–Crippen MR) is 185 cm³/mol. The number of halogens is 5. The summed E-state index contributed by atoms with van der Waals surface area (Å²) in [6, 6.07) is 3.59. The molecule has 4 fully saturated rings. The molecule has 3 aromatic heterocycles. The third-order valence-electron chi connectivity index (χ3n) is 10.7. The minimum absolute atomic E-state index is 0.00520. The van der Waals surface area contributed by atoms with Gasteiger partial charge in [0.1, 0.15) is 29.9 Å². The van der Waals surface area contributed by atoms with E-state index in [0.717, 1.165) is 43.6 Å². The van der Waals surface area contributed by atoms with Gasteiger partial charge in [0.2, 0.25) is 5.28 Å². The summed E-state index contributed by atoms with van der Waals surface area (Å²) >= 11 is 14.0. The van der Waals surface area contributed by atoms with Crippen molar-refractivity contribution < 1.29 is 22.7 Å². The number of carbonyl (C=O) groups is 1. The van der Waals surface area contributed by atoms with Gasteiger partial charge >= 0.3 is 12.0 Å². The third-order valence-corrected chi connectivity index (χ3v) is 12.1. The summed E-state index contributed by atoms with van der Waals surface area (Å²) in [6.07, 6.45) is 5.63. The average Bonchev–Trinajstić information content (AvgIpc) is 3.89. The Kier molecular flexibility index (Phi) is 7.57. The fourth-order valence-corrected chi connectivity index (χ4v) is 9.74. The average molecular weight is 745 g/mol. The Morgan fingerprint density at radius 3 is 2.66 bits per heavy atom. The van der Waals surface area contributed by atoms with Gasteiger partial charge in [-0.25, -0.2) is 32.5 Å². The van der Waals surface area contributed by atoms with Crippen molar-refractivity contribution in [1.29, 1.82) is 0 Å². The van der Waals surface area contributed by atoms with Crippen molar-refractivity contribution in [3.8, 4) is 17.1 Å². The summed E-state index contributed by atoms with van der Waals surface area (Å²) in [6.45, 7) is 2.09. The van der Waals surface area contributed by atoms with Crippen LogP contribution in [0.3, 0.4) is 0 Å². The molecule has 0 saturated carbocycles. The van der Waals surface area contributed by atoms with Crippen molar-refractivity contribution >= 4 is 72.6 Å². The highest BCUT2D eigenvalue weighted by molar-refractivity contribution is 7.22. The molecule has 50 heavy (non-hydrogen) atoms. The second kappa shape index (κ2) is 11.8. The maximum Gasteiger partial charge on any atom is 0.331 e. The minimum Gasteiger partial charge on any atom is -0.461 e. The molecule has 4 atom stereocenters. The number of imidazole rings is 1. The Morgan fingerprint density at radius 2 is 1.90 bits per heavy atom. The zero-order valence-corrected chi connectivity index (χ0v) is 28.8. The van der Waals surface area contributed by atoms with Crippen LogP contribution in [0.25, 0.3) is 32.2 Å². The zero-order valence-electron chi connectivity index (χ0n) is 26.5. The second-order valence-corrected chi connectivity index (χ2v) is 15.3. The molecular formula is C33H30Cl2F3N9O2S. The highest BCUT2D eigenvalue weighted by Gasteiger charge is 2.50. The first kappa shape index (κ1) is 32.0. The van der Waals surface area contributed by atoms with E-state index in [1.54, 1.807) is 6.07 Å². The van der Waals surface area contributed by atoms with E-state index in [2.05, 4.69) is 19.9 Å². The van der Waals surface area contributed by atoms with Crippen LogP contribution in [0.5, 0.6) is 6.01 Å². The molecule has 0 spiro atoms. The van der Waals surface area contributed by atoms with Gasteiger partial charge in [-0.3, -0.25) is 4.90 Å². The number of thiazole rings is 1. The van der Waals surface area contributed by atoms with E-state index in [4.69, 9.17) is 38.7 Å². The number of nitrogens with two attached hydrogens (primary N) is 1. The third kappa shape index (κ3) is 4.99. The SMILES string of the molecule is Nc1nc2c(-c3c(Cl)cc4c(N5CC6CCC(C5)N6C(=O)n5ccnc5Cl)nc(OC[C@@]56CCCN5C[C@H](F)C6)nc4c3F)ccc(F)c2s1. The molecule has 2 bridgehead atoms. The molecule has 0 radical (unpaired) electrons. The molecule has 4 aliphatic rings. The number of aromatic nitrogens is 5. The smallest absolute Gasteiger partial charge is 0.331 e. The summed E-state index contributed by atoms with van der Waals surface area (Å²) in [4.78, 5) is 37.2. The summed E-state index contributed by atoms with van der Waals surface area (Å²) in [5.41, 5.74) is 5.85. The summed E-state index contributed by atoms with van der Waals surface area (Å²) < 4.78 is 54.1. The lowest BCUT2D eigenvalue weighted by Crippen LogP contribution is -2.57. The summed E-state index contributed by atoms with van der Waals surface area (Å²) in [5, 5.41) is 0.623. The highest BCUT2D eigenvalue weighted by atomic mass is 35.5. The van der Waals surface area contributed by atoms with Gasteiger partial charge in [-0.2, -0.15) is 9.97 Å². The Morgan fingerprint density at radius 1 is 1.10 bits per heavy atom. The van der Waals surface area contributed by atoms with Gasteiger partial charge < -0.3 is 20.3 Å². The van der Waals surface area contributed by atoms with Crippen molar-refractivity contribution in [2.24, 2.45) is 0 Å². The van der Waals surface area contributed by atoms with Crippen LogP contribution in [0, 0.1) is 11.6 Å². The van der Waals surface area contributed by atoms with Crippen molar-refractivity contribution in [2.75, 3.05) is 43.4 Å². The van der Waals surface area contributed by atoms with Crippen LogP contribution in [0.4, 0.5) is 28.9 Å². The number of hydrogen-bond acceptors (Lipinski definition) is 10. The molecule has 4 aliphatic heterocycles. The topological polar surface area (TPSA) is 119 Å². The van der Waals surface area contributed by atoms with E-state index in [-0.39, 0.29) is 73.0 Å². The Bertz CT molecular complexity index is 2190.